The van der Waals surface area contributed by atoms with E-state index in [2.05, 4.69) is 48.1 Å². The maximum atomic E-state index is 11.7. The van der Waals surface area contributed by atoms with Crippen molar-refractivity contribution in [2.45, 2.75) is 85.4 Å². The van der Waals surface area contributed by atoms with Gasteiger partial charge in [0, 0.05) is 11.6 Å². The number of hydrogen-bond acceptors (Lipinski definition) is 8. The lowest BCUT2D eigenvalue weighted by atomic mass is 9.77. The van der Waals surface area contributed by atoms with E-state index in [9.17, 15) is 10.1 Å². The molecule has 0 aliphatic carbocycles. The van der Waals surface area contributed by atoms with Crippen LogP contribution in [0.25, 0.3) is 0 Å². The van der Waals surface area contributed by atoms with Crippen LogP contribution in [-0.4, -0.2) is 35.9 Å². The Morgan fingerprint density at radius 2 is 1.71 bits per heavy atom. The number of nitrogens with zero attached hydrogens (tertiary/aromatic N) is 3. The Bertz CT molecular complexity index is 1290. The van der Waals surface area contributed by atoms with Crippen LogP contribution in [-0.2, 0) is 28.0 Å². The molecule has 0 bridgehead atoms. The zero-order valence-corrected chi connectivity index (χ0v) is 27.7. The van der Waals surface area contributed by atoms with E-state index in [1.165, 1.54) is 18.9 Å². The number of carbonyl (C=O) groups excluding carboxylic acids is 1. The molecule has 0 radical (unpaired) electrons. The Balaban J connectivity index is 0.00000211. The summed E-state index contributed by atoms with van der Waals surface area (Å²) in [7, 11) is 1.38. The van der Waals surface area contributed by atoms with Crippen molar-refractivity contribution in [1.82, 2.24) is 9.97 Å². The fourth-order valence-corrected chi connectivity index (χ4v) is 4.44. The van der Waals surface area contributed by atoms with Crippen molar-refractivity contribution >= 4 is 17.7 Å². The minimum absolute atomic E-state index is 0.267. The molecule has 228 valence electrons. The molecule has 3 rings (SSSR count). The van der Waals surface area contributed by atoms with Crippen molar-refractivity contribution in [3.05, 3.63) is 76.6 Å². The van der Waals surface area contributed by atoms with E-state index in [1.54, 1.807) is 13.1 Å². The Morgan fingerprint density at radius 1 is 1.05 bits per heavy atom. The van der Waals surface area contributed by atoms with Crippen LogP contribution in [0.15, 0.2) is 53.8 Å². The molecule has 1 heterocycles. The summed E-state index contributed by atoms with van der Waals surface area (Å²) in [4.78, 5) is 20.3. The molecule has 0 saturated heterocycles. The summed E-state index contributed by atoms with van der Waals surface area (Å²) in [5.41, 5.74) is 4.06. The van der Waals surface area contributed by atoms with Gasteiger partial charge in [-0.15, -0.1) is 0 Å². The average molecular weight is 594 g/mol. The zero-order chi connectivity index (χ0) is 31.7. The maximum absolute atomic E-state index is 11.7. The highest BCUT2D eigenvalue weighted by Crippen LogP contribution is 2.37. The number of aryl methyl sites for hydroxylation is 1. The molecule has 0 spiro atoms. The van der Waals surface area contributed by atoms with Crippen LogP contribution in [0.5, 0.6) is 11.5 Å². The second-order valence-electron chi connectivity index (χ2n) is 9.51. The van der Waals surface area contributed by atoms with Gasteiger partial charge in [-0.3, -0.25) is 4.79 Å². The number of rotatable bonds is 12. The van der Waals surface area contributed by atoms with Crippen molar-refractivity contribution in [3.8, 4) is 17.6 Å². The van der Waals surface area contributed by atoms with Crippen LogP contribution in [0, 0.1) is 17.2 Å². The summed E-state index contributed by atoms with van der Waals surface area (Å²) >= 11 is 1.50. The van der Waals surface area contributed by atoms with Gasteiger partial charge in [-0.2, -0.15) is 5.26 Å². The fourth-order valence-electron chi connectivity index (χ4n) is 4.07. The topological polar surface area (TPSA) is 94.3 Å². The molecule has 1 aromatic heterocycles. The van der Waals surface area contributed by atoms with Gasteiger partial charge in [-0.05, 0) is 60.1 Å². The maximum Gasteiger partial charge on any atom is 0.308 e. The molecule has 0 saturated carbocycles. The van der Waals surface area contributed by atoms with Crippen molar-refractivity contribution in [3.63, 3.8) is 0 Å². The summed E-state index contributed by atoms with van der Waals surface area (Å²) in [6.07, 6.45) is 4.91. The van der Waals surface area contributed by atoms with Crippen LogP contribution in [0.3, 0.4) is 0 Å². The van der Waals surface area contributed by atoms with Crippen LogP contribution in [0.1, 0.15) is 89.8 Å². The summed E-state index contributed by atoms with van der Waals surface area (Å²) in [5.74, 6) is 0.808. The summed E-state index contributed by atoms with van der Waals surface area (Å²) in [5, 5.41) is 10.6. The van der Waals surface area contributed by atoms with E-state index in [-0.39, 0.29) is 17.3 Å². The van der Waals surface area contributed by atoms with Gasteiger partial charge in [0.2, 0.25) is 0 Å². The number of thioether (sulfide) groups is 1. The van der Waals surface area contributed by atoms with Gasteiger partial charge in [0.1, 0.15) is 24.2 Å². The molecule has 1 atom stereocenters. The average Bonchev–Trinajstić information content (AvgIpc) is 3.05. The predicted molar refractivity (Wildman–Crippen MR) is 171 cm³/mol. The van der Waals surface area contributed by atoms with Gasteiger partial charge in [0.05, 0.1) is 30.9 Å². The number of carbonyl (C=O) groups is 1. The first-order valence-electron chi connectivity index (χ1n) is 14.6. The smallest absolute Gasteiger partial charge is 0.308 e. The monoisotopic (exact) mass is 593 g/mol. The first-order chi connectivity index (χ1) is 20.2. The van der Waals surface area contributed by atoms with Gasteiger partial charge in [-0.1, -0.05) is 85.4 Å². The standard InChI is InChI=1S/C30H35N3O4S.2C2H6/c1-7-21-16-24(17-22(18-31)27(21)36-15-13-20(2)28(34)35-5)30(3,4)23-8-10-26(11-9-23)37-19-25-12-14-32-29(33-25)38-6;2*1-2/h8-12,14,16-17,20H,7,13,15,19H2,1-6H3;2*1-2H3. The van der Waals surface area contributed by atoms with E-state index in [4.69, 9.17) is 14.2 Å². The minimum Gasteiger partial charge on any atom is -0.492 e. The van der Waals surface area contributed by atoms with Crippen molar-refractivity contribution in [1.29, 1.82) is 5.26 Å². The second-order valence-corrected chi connectivity index (χ2v) is 10.3. The SMILES string of the molecule is CC.CC.CCc1cc(C(C)(C)c2ccc(OCc3ccnc(SC)n3)cc2)cc(C#N)c1OCCC(C)C(=O)OC. The summed E-state index contributed by atoms with van der Waals surface area (Å²) in [6, 6.07) is 16.2. The molecule has 8 heteroatoms. The number of esters is 1. The lowest BCUT2D eigenvalue weighted by Gasteiger charge is -2.28. The molecular weight excluding hydrogens is 546 g/mol. The quantitative estimate of drug-likeness (QED) is 0.118. The molecule has 42 heavy (non-hydrogen) atoms. The predicted octanol–water partition coefficient (Wildman–Crippen LogP) is 8.17. The van der Waals surface area contributed by atoms with E-state index in [0.717, 1.165) is 33.3 Å². The molecule has 2 aromatic carbocycles. The highest BCUT2D eigenvalue weighted by Gasteiger charge is 2.26. The number of ether oxygens (including phenoxy) is 3. The molecule has 0 amide bonds. The summed E-state index contributed by atoms with van der Waals surface area (Å²) < 4.78 is 16.8. The second kappa shape index (κ2) is 18.8. The van der Waals surface area contributed by atoms with Gasteiger partial charge < -0.3 is 14.2 Å². The Kier molecular flexibility index (Phi) is 16.3. The van der Waals surface area contributed by atoms with E-state index in [1.807, 2.05) is 65.1 Å². The zero-order valence-electron chi connectivity index (χ0n) is 26.9. The summed E-state index contributed by atoms with van der Waals surface area (Å²) in [6.45, 7) is 16.8. The van der Waals surface area contributed by atoms with Crippen LogP contribution >= 0.6 is 11.8 Å². The first kappa shape index (κ1) is 36.5. The van der Waals surface area contributed by atoms with Gasteiger partial charge in [-0.25, -0.2) is 9.97 Å². The van der Waals surface area contributed by atoms with Gasteiger partial charge in [0.25, 0.3) is 0 Å². The number of nitriles is 1. The normalized spacial score (nSPS) is 11.1. The molecule has 7 nitrogen and oxygen atoms in total. The van der Waals surface area contributed by atoms with Crippen molar-refractivity contribution in [2.75, 3.05) is 20.0 Å². The Morgan fingerprint density at radius 3 is 2.29 bits per heavy atom. The van der Waals surface area contributed by atoms with Crippen LogP contribution < -0.4 is 9.47 Å². The molecular formula is C34H47N3O4S. The Labute approximate surface area is 257 Å². The number of hydrogen-bond donors (Lipinski definition) is 0. The van der Waals surface area contributed by atoms with E-state index < -0.39 is 0 Å². The third-order valence-corrected chi connectivity index (χ3v) is 7.19. The molecule has 1 unspecified atom stereocenters. The fraction of sp³-hybridized carbons (Fsp3) is 0.471. The number of methoxy groups -OCH3 is 1. The largest absolute Gasteiger partial charge is 0.492 e. The van der Waals surface area contributed by atoms with E-state index >= 15 is 0 Å². The van der Waals surface area contributed by atoms with E-state index in [0.29, 0.717) is 37.4 Å². The number of benzene rings is 2. The molecule has 0 fully saturated rings. The lowest BCUT2D eigenvalue weighted by molar-refractivity contribution is -0.145. The molecule has 0 N–H and O–H groups in total. The highest BCUT2D eigenvalue weighted by molar-refractivity contribution is 7.98. The van der Waals surface area contributed by atoms with Crippen LogP contribution in [0.2, 0.25) is 0 Å². The molecule has 3 aromatic rings. The molecule has 0 aliphatic rings. The third kappa shape index (κ3) is 10.1. The van der Waals surface area contributed by atoms with Crippen molar-refractivity contribution < 1.29 is 19.0 Å². The van der Waals surface area contributed by atoms with Gasteiger partial charge >= 0.3 is 5.97 Å². The third-order valence-electron chi connectivity index (χ3n) is 6.63. The Hall–Kier alpha value is -3.57. The van der Waals surface area contributed by atoms with Crippen LogP contribution in [0.4, 0.5) is 0 Å². The van der Waals surface area contributed by atoms with Crippen molar-refractivity contribution in [2.24, 2.45) is 5.92 Å². The highest BCUT2D eigenvalue weighted by atomic mass is 32.2. The minimum atomic E-state index is -0.355. The number of aromatic nitrogens is 2. The molecule has 0 aliphatic heterocycles. The van der Waals surface area contributed by atoms with Gasteiger partial charge in [0.15, 0.2) is 5.16 Å². The first-order valence-corrected chi connectivity index (χ1v) is 15.8. The lowest BCUT2D eigenvalue weighted by Crippen LogP contribution is -2.20.